The van der Waals surface area contributed by atoms with Gasteiger partial charge in [-0.1, -0.05) is 18.2 Å². The molecule has 7 nitrogen and oxygen atoms in total. The van der Waals surface area contributed by atoms with Gasteiger partial charge in [0.15, 0.2) is 6.61 Å². The molecule has 126 valence electrons. The van der Waals surface area contributed by atoms with E-state index in [0.29, 0.717) is 5.75 Å². The smallest absolute Gasteiger partial charge is 0.305 e. The zero-order valence-electron chi connectivity index (χ0n) is 13.3. The van der Waals surface area contributed by atoms with Crippen LogP contribution in [0.2, 0.25) is 0 Å². The van der Waals surface area contributed by atoms with E-state index in [9.17, 15) is 14.4 Å². The standard InChI is InChI=1S/C16H22N2O5/c1-12(2)18(9-8-16(21)22)15(20)10-17-14(19)11-23-13-6-4-3-5-7-13/h3-7,12H,8-11H2,1-2H3,(H,17,19)(H,21,22). The summed E-state index contributed by atoms with van der Waals surface area (Å²) in [5, 5.41) is 11.2. The largest absolute Gasteiger partial charge is 0.484 e. The van der Waals surface area contributed by atoms with Gasteiger partial charge in [-0.2, -0.15) is 0 Å². The van der Waals surface area contributed by atoms with E-state index in [-0.39, 0.29) is 38.1 Å². The summed E-state index contributed by atoms with van der Waals surface area (Å²) in [7, 11) is 0. The van der Waals surface area contributed by atoms with Gasteiger partial charge in [0, 0.05) is 12.6 Å². The van der Waals surface area contributed by atoms with Gasteiger partial charge in [0.1, 0.15) is 5.75 Å². The lowest BCUT2D eigenvalue weighted by atomic mass is 10.2. The summed E-state index contributed by atoms with van der Waals surface area (Å²) in [6, 6.07) is 8.73. The normalized spacial score (nSPS) is 10.2. The number of ether oxygens (including phenoxy) is 1. The molecule has 0 bridgehead atoms. The average Bonchev–Trinajstić information content (AvgIpc) is 2.51. The lowest BCUT2D eigenvalue weighted by molar-refractivity contribution is -0.139. The van der Waals surface area contributed by atoms with Crippen LogP contribution in [0.15, 0.2) is 30.3 Å². The Hall–Kier alpha value is -2.57. The second kappa shape index (κ2) is 9.45. The van der Waals surface area contributed by atoms with Crippen LogP contribution in [0.3, 0.4) is 0 Å². The zero-order valence-corrected chi connectivity index (χ0v) is 13.3. The first-order valence-corrected chi connectivity index (χ1v) is 7.36. The van der Waals surface area contributed by atoms with Crippen molar-refractivity contribution in [2.24, 2.45) is 0 Å². The van der Waals surface area contributed by atoms with Gasteiger partial charge in [-0.25, -0.2) is 0 Å². The summed E-state index contributed by atoms with van der Waals surface area (Å²) >= 11 is 0. The van der Waals surface area contributed by atoms with Crippen molar-refractivity contribution in [1.82, 2.24) is 10.2 Å². The number of carboxylic acid groups (broad SMARTS) is 1. The van der Waals surface area contributed by atoms with Crippen LogP contribution in [-0.4, -0.2) is 53.5 Å². The van der Waals surface area contributed by atoms with Gasteiger partial charge in [0.05, 0.1) is 13.0 Å². The number of para-hydroxylation sites is 1. The summed E-state index contributed by atoms with van der Waals surface area (Å²) in [6.45, 7) is 3.32. The number of carbonyl (C=O) groups excluding carboxylic acids is 2. The summed E-state index contributed by atoms with van der Waals surface area (Å²) in [4.78, 5) is 35.8. The Kier molecular flexibility index (Phi) is 7.59. The summed E-state index contributed by atoms with van der Waals surface area (Å²) < 4.78 is 5.27. The van der Waals surface area contributed by atoms with E-state index in [2.05, 4.69) is 5.32 Å². The van der Waals surface area contributed by atoms with Crippen molar-refractivity contribution < 1.29 is 24.2 Å². The Balaban J connectivity index is 2.37. The second-order valence-corrected chi connectivity index (χ2v) is 5.20. The van der Waals surface area contributed by atoms with Crippen molar-refractivity contribution >= 4 is 17.8 Å². The first kappa shape index (κ1) is 18.5. The molecule has 0 saturated heterocycles. The fourth-order valence-electron chi connectivity index (χ4n) is 1.88. The number of carbonyl (C=O) groups is 3. The number of nitrogens with one attached hydrogen (secondary N) is 1. The fraction of sp³-hybridized carbons (Fsp3) is 0.438. The minimum absolute atomic E-state index is 0.113. The molecule has 0 aliphatic rings. The van der Waals surface area contributed by atoms with Gasteiger partial charge in [-0.15, -0.1) is 0 Å². The summed E-state index contributed by atoms with van der Waals surface area (Å²) in [5.74, 6) is -1.14. The molecule has 0 saturated carbocycles. The van der Waals surface area contributed by atoms with Crippen LogP contribution in [0, 0.1) is 0 Å². The fourth-order valence-corrected chi connectivity index (χ4v) is 1.88. The molecule has 2 N–H and O–H groups in total. The van der Waals surface area contributed by atoms with E-state index in [1.807, 2.05) is 6.07 Å². The van der Waals surface area contributed by atoms with Crippen LogP contribution in [0.25, 0.3) is 0 Å². The molecule has 0 fully saturated rings. The van der Waals surface area contributed by atoms with Crippen molar-refractivity contribution in [2.45, 2.75) is 26.3 Å². The highest BCUT2D eigenvalue weighted by Crippen LogP contribution is 2.07. The van der Waals surface area contributed by atoms with E-state index >= 15 is 0 Å². The minimum Gasteiger partial charge on any atom is -0.484 e. The number of rotatable bonds is 9. The minimum atomic E-state index is -0.969. The zero-order chi connectivity index (χ0) is 17.2. The molecule has 7 heteroatoms. The van der Waals surface area contributed by atoms with Crippen LogP contribution in [0.5, 0.6) is 5.75 Å². The molecular formula is C16H22N2O5. The predicted molar refractivity (Wildman–Crippen MR) is 84.0 cm³/mol. The van der Waals surface area contributed by atoms with Crippen LogP contribution in [-0.2, 0) is 14.4 Å². The topological polar surface area (TPSA) is 95.9 Å². The average molecular weight is 322 g/mol. The Bertz CT molecular complexity index is 531. The molecule has 0 spiro atoms. The molecule has 0 unspecified atom stereocenters. The van der Waals surface area contributed by atoms with E-state index in [0.717, 1.165) is 0 Å². The third-order valence-electron chi connectivity index (χ3n) is 3.06. The molecular weight excluding hydrogens is 300 g/mol. The Morgan fingerprint density at radius 1 is 1.22 bits per heavy atom. The van der Waals surface area contributed by atoms with Crippen molar-refractivity contribution in [2.75, 3.05) is 19.7 Å². The predicted octanol–water partition coefficient (Wildman–Crippen LogP) is 0.893. The SMILES string of the molecule is CC(C)N(CCC(=O)O)C(=O)CNC(=O)COc1ccccc1. The Morgan fingerprint density at radius 2 is 1.87 bits per heavy atom. The highest BCUT2D eigenvalue weighted by molar-refractivity contribution is 5.85. The van der Waals surface area contributed by atoms with Gasteiger partial charge in [0.2, 0.25) is 5.91 Å². The van der Waals surface area contributed by atoms with Crippen LogP contribution < -0.4 is 10.1 Å². The molecule has 1 rings (SSSR count). The van der Waals surface area contributed by atoms with Crippen molar-refractivity contribution in [3.8, 4) is 5.75 Å². The number of carboxylic acids is 1. The molecule has 0 radical (unpaired) electrons. The number of amides is 2. The van der Waals surface area contributed by atoms with Gasteiger partial charge in [0.25, 0.3) is 5.91 Å². The number of nitrogens with zero attached hydrogens (tertiary/aromatic N) is 1. The van der Waals surface area contributed by atoms with Crippen LogP contribution in [0.1, 0.15) is 20.3 Å². The second-order valence-electron chi connectivity index (χ2n) is 5.20. The molecule has 0 aliphatic carbocycles. The molecule has 1 aromatic rings. The Labute approximate surface area is 135 Å². The summed E-state index contributed by atoms with van der Waals surface area (Å²) in [6.07, 6.45) is -0.130. The van der Waals surface area contributed by atoms with Crippen LogP contribution >= 0.6 is 0 Å². The number of aliphatic carboxylic acids is 1. The van der Waals surface area contributed by atoms with Crippen molar-refractivity contribution in [1.29, 1.82) is 0 Å². The van der Waals surface area contributed by atoms with Crippen molar-refractivity contribution in [3.63, 3.8) is 0 Å². The van der Waals surface area contributed by atoms with Gasteiger partial charge in [-0.3, -0.25) is 14.4 Å². The number of benzene rings is 1. The molecule has 23 heavy (non-hydrogen) atoms. The van der Waals surface area contributed by atoms with E-state index in [4.69, 9.17) is 9.84 Å². The Morgan fingerprint density at radius 3 is 2.43 bits per heavy atom. The molecule has 0 heterocycles. The lowest BCUT2D eigenvalue weighted by Gasteiger charge is -2.26. The van der Waals surface area contributed by atoms with Crippen LogP contribution in [0.4, 0.5) is 0 Å². The third-order valence-corrected chi connectivity index (χ3v) is 3.06. The van der Waals surface area contributed by atoms with E-state index in [1.165, 1.54) is 4.90 Å². The van der Waals surface area contributed by atoms with Gasteiger partial charge in [-0.05, 0) is 26.0 Å². The highest BCUT2D eigenvalue weighted by Gasteiger charge is 2.18. The van der Waals surface area contributed by atoms with E-state index < -0.39 is 11.9 Å². The van der Waals surface area contributed by atoms with Crippen molar-refractivity contribution in [3.05, 3.63) is 30.3 Å². The van der Waals surface area contributed by atoms with Gasteiger partial charge >= 0.3 is 5.97 Å². The van der Waals surface area contributed by atoms with E-state index in [1.54, 1.807) is 38.1 Å². The quantitative estimate of drug-likeness (QED) is 0.704. The highest BCUT2D eigenvalue weighted by atomic mass is 16.5. The maximum atomic E-state index is 12.1. The lowest BCUT2D eigenvalue weighted by Crippen LogP contribution is -2.45. The first-order valence-electron chi connectivity index (χ1n) is 7.36. The summed E-state index contributed by atoms with van der Waals surface area (Å²) in [5.41, 5.74) is 0. The monoisotopic (exact) mass is 322 g/mol. The molecule has 2 amide bonds. The molecule has 1 aromatic carbocycles. The number of hydrogen-bond acceptors (Lipinski definition) is 4. The third kappa shape index (κ3) is 7.30. The first-order chi connectivity index (χ1) is 10.9. The van der Waals surface area contributed by atoms with Gasteiger partial charge < -0.3 is 20.1 Å². The molecule has 0 atom stereocenters. The molecule has 0 aliphatic heterocycles. The number of hydrogen-bond donors (Lipinski definition) is 2. The molecule has 0 aromatic heterocycles. The maximum absolute atomic E-state index is 12.1. The maximum Gasteiger partial charge on any atom is 0.305 e.